The fourth-order valence-corrected chi connectivity index (χ4v) is 2.99. The van der Waals surface area contributed by atoms with Gasteiger partial charge in [-0.1, -0.05) is 12.1 Å². The zero-order valence-electron chi connectivity index (χ0n) is 9.93. The lowest BCUT2D eigenvalue weighted by atomic mass is 10.1. The quantitative estimate of drug-likeness (QED) is 0.694. The van der Waals surface area contributed by atoms with Gasteiger partial charge in [-0.05, 0) is 11.5 Å². The molecule has 0 atom stereocenters. The largest absolute Gasteiger partial charge is 0.478 e. The summed E-state index contributed by atoms with van der Waals surface area (Å²) in [5.74, 6) is -1.70. The van der Waals surface area contributed by atoms with Gasteiger partial charge >= 0.3 is 5.97 Å². The van der Waals surface area contributed by atoms with Crippen LogP contribution in [0.25, 0.3) is 10.8 Å². The van der Waals surface area contributed by atoms with E-state index < -0.39 is 46.9 Å². The number of benzene rings is 2. The summed E-state index contributed by atoms with van der Waals surface area (Å²) < 4.78 is 62.9. The van der Waals surface area contributed by atoms with Crippen LogP contribution in [0.5, 0.6) is 0 Å². The molecule has 0 spiro atoms. The minimum atomic E-state index is -4.98. The Morgan fingerprint density at radius 2 is 1.62 bits per heavy atom. The van der Waals surface area contributed by atoms with Crippen molar-refractivity contribution in [3.05, 3.63) is 35.9 Å². The molecule has 8 nitrogen and oxygen atoms in total. The van der Waals surface area contributed by atoms with E-state index >= 15 is 0 Å². The maximum absolute atomic E-state index is 11.2. The Morgan fingerprint density at radius 1 is 1.00 bits per heavy atom. The van der Waals surface area contributed by atoms with Crippen LogP contribution in [0.2, 0.25) is 0 Å². The summed E-state index contributed by atoms with van der Waals surface area (Å²) in [5, 5.41) is 8.42. The first-order valence-electron chi connectivity index (χ1n) is 5.11. The molecule has 0 heterocycles. The van der Waals surface area contributed by atoms with Gasteiger partial charge in [0, 0.05) is 17.5 Å². The van der Waals surface area contributed by atoms with E-state index in [2.05, 4.69) is 6.07 Å². The molecule has 0 fully saturated rings. The van der Waals surface area contributed by atoms with Crippen LogP contribution in [0, 0.1) is 12.1 Å². The Hall–Kier alpha value is -2.01. The molecule has 2 aromatic rings. The minimum absolute atomic E-state index is 0.102. The van der Waals surface area contributed by atoms with Crippen molar-refractivity contribution in [2.24, 2.45) is 0 Å². The zero-order chi connectivity index (χ0) is 16.0. The normalized spacial score (nSPS) is 12.5. The molecule has 2 radical (unpaired) electrons. The molecular formula is C11H6O8S2. The Labute approximate surface area is 119 Å². The maximum Gasteiger partial charge on any atom is 0.337 e. The number of rotatable bonds is 3. The highest BCUT2D eigenvalue weighted by Gasteiger charge is 2.24. The standard InChI is InChI=1S/C11H6O8S2/c12-11(13)8-4-6-2-1-3-9(20(14,15)16)7(6)5-10(8)21(17,18)19/h1-3H,(H,12,13)(H,14,15,16)(H,17,18,19). The molecular weight excluding hydrogens is 324 g/mol. The van der Waals surface area contributed by atoms with Crippen molar-refractivity contribution < 1.29 is 35.8 Å². The van der Waals surface area contributed by atoms with E-state index in [1.807, 2.05) is 6.07 Å². The highest BCUT2D eigenvalue weighted by atomic mass is 32.2. The van der Waals surface area contributed by atoms with Gasteiger partial charge in [0.1, 0.15) is 9.79 Å². The first kappa shape index (κ1) is 15.4. The SMILES string of the molecule is O=C(O)c1[c]c2cccc(S(=O)(=O)O)c2[c]c1S(=O)(=O)O. The van der Waals surface area contributed by atoms with Gasteiger partial charge in [-0.25, -0.2) is 4.79 Å². The molecule has 21 heavy (non-hydrogen) atoms. The molecule has 0 amide bonds. The summed E-state index contributed by atoms with van der Waals surface area (Å²) >= 11 is 0. The van der Waals surface area contributed by atoms with Crippen molar-refractivity contribution in [3.63, 3.8) is 0 Å². The van der Waals surface area contributed by atoms with Crippen LogP contribution >= 0.6 is 0 Å². The zero-order valence-corrected chi connectivity index (χ0v) is 11.6. The minimum Gasteiger partial charge on any atom is -0.478 e. The molecule has 2 aromatic carbocycles. The second kappa shape index (κ2) is 4.77. The third-order valence-corrected chi connectivity index (χ3v) is 4.22. The third-order valence-electron chi connectivity index (χ3n) is 2.50. The van der Waals surface area contributed by atoms with Gasteiger partial charge in [-0.2, -0.15) is 16.8 Å². The van der Waals surface area contributed by atoms with Gasteiger partial charge in [0.25, 0.3) is 20.2 Å². The molecule has 10 heteroatoms. The molecule has 110 valence electrons. The van der Waals surface area contributed by atoms with E-state index in [1.54, 1.807) is 0 Å². The lowest BCUT2D eigenvalue weighted by molar-refractivity contribution is 0.0692. The average Bonchev–Trinajstić information content (AvgIpc) is 2.34. The first-order valence-corrected chi connectivity index (χ1v) is 7.99. The van der Waals surface area contributed by atoms with Crippen molar-refractivity contribution in [2.75, 3.05) is 0 Å². The van der Waals surface area contributed by atoms with Crippen LogP contribution in [0.4, 0.5) is 0 Å². The number of carbonyl (C=O) groups is 1. The number of hydrogen-bond donors (Lipinski definition) is 3. The van der Waals surface area contributed by atoms with Crippen LogP contribution in [0.15, 0.2) is 28.0 Å². The number of fused-ring (bicyclic) bond motifs is 1. The Balaban J connectivity index is 3.04. The van der Waals surface area contributed by atoms with E-state index in [-0.39, 0.29) is 5.39 Å². The number of carboxylic acids is 1. The van der Waals surface area contributed by atoms with Crippen molar-refractivity contribution in [2.45, 2.75) is 9.79 Å². The predicted octanol–water partition coefficient (Wildman–Crippen LogP) is 0.632. The van der Waals surface area contributed by atoms with Crippen LogP contribution in [-0.2, 0) is 20.2 Å². The molecule has 2 rings (SSSR count). The number of hydrogen-bond acceptors (Lipinski definition) is 5. The van der Waals surface area contributed by atoms with E-state index in [9.17, 15) is 21.6 Å². The van der Waals surface area contributed by atoms with Crippen molar-refractivity contribution in [1.82, 2.24) is 0 Å². The van der Waals surface area contributed by atoms with Crippen molar-refractivity contribution >= 4 is 37.0 Å². The highest BCUT2D eigenvalue weighted by molar-refractivity contribution is 7.86. The van der Waals surface area contributed by atoms with E-state index in [0.717, 1.165) is 6.07 Å². The first-order chi connectivity index (χ1) is 9.51. The lowest BCUT2D eigenvalue weighted by Gasteiger charge is -2.07. The Bertz CT molecular complexity index is 957. The molecule has 0 saturated heterocycles. The molecule has 0 saturated carbocycles. The summed E-state index contributed by atoms with van der Waals surface area (Å²) in [5.41, 5.74) is -0.891. The Kier molecular flexibility index (Phi) is 3.49. The van der Waals surface area contributed by atoms with Gasteiger partial charge in [0.15, 0.2) is 0 Å². The summed E-state index contributed by atoms with van der Waals surface area (Å²) in [6.07, 6.45) is 0. The van der Waals surface area contributed by atoms with E-state index in [1.165, 1.54) is 12.1 Å². The van der Waals surface area contributed by atoms with Crippen molar-refractivity contribution in [1.29, 1.82) is 0 Å². The van der Waals surface area contributed by atoms with Gasteiger partial charge in [-0.15, -0.1) is 0 Å². The summed E-state index contributed by atoms with van der Waals surface area (Å²) in [7, 11) is -9.68. The van der Waals surface area contributed by atoms with Gasteiger partial charge < -0.3 is 5.11 Å². The fourth-order valence-electron chi connectivity index (χ4n) is 1.69. The molecule has 0 aliphatic carbocycles. The van der Waals surface area contributed by atoms with Gasteiger partial charge in [0.2, 0.25) is 0 Å². The third kappa shape index (κ3) is 2.88. The summed E-state index contributed by atoms with van der Waals surface area (Å²) in [6, 6.07) is 7.59. The summed E-state index contributed by atoms with van der Waals surface area (Å²) in [4.78, 5) is 9.18. The van der Waals surface area contributed by atoms with Crippen LogP contribution in [0.3, 0.4) is 0 Å². The van der Waals surface area contributed by atoms with E-state index in [0.29, 0.717) is 0 Å². The van der Waals surface area contributed by atoms with Crippen LogP contribution < -0.4 is 0 Å². The second-order valence-corrected chi connectivity index (χ2v) is 6.64. The number of carboxylic acid groups (broad SMARTS) is 1. The average molecular weight is 330 g/mol. The summed E-state index contributed by atoms with van der Waals surface area (Å²) in [6.45, 7) is 0. The van der Waals surface area contributed by atoms with Crippen LogP contribution in [-0.4, -0.2) is 37.0 Å². The monoisotopic (exact) mass is 330 g/mol. The van der Waals surface area contributed by atoms with E-state index in [4.69, 9.17) is 14.2 Å². The predicted molar refractivity (Wildman–Crippen MR) is 68.2 cm³/mol. The lowest BCUT2D eigenvalue weighted by Crippen LogP contribution is -2.09. The molecule has 3 N–H and O–H groups in total. The molecule has 0 bridgehead atoms. The maximum atomic E-state index is 11.2. The molecule has 0 unspecified atom stereocenters. The fraction of sp³-hybridized carbons (Fsp3) is 0. The molecule has 0 aromatic heterocycles. The molecule has 0 aliphatic rings. The second-order valence-electron chi connectivity index (χ2n) is 3.89. The topological polar surface area (TPSA) is 146 Å². The molecule has 0 aliphatic heterocycles. The van der Waals surface area contributed by atoms with Crippen molar-refractivity contribution in [3.8, 4) is 0 Å². The van der Waals surface area contributed by atoms with Gasteiger partial charge in [-0.3, -0.25) is 9.11 Å². The highest BCUT2D eigenvalue weighted by Crippen LogP contribution is 2.27. The smallest absolute Gasteiger partial charge is 0.337 e. The van der Waals surface area contributed by atoms with Gasteiger partial charge in [0.05, 0.1) is 5.56 Å². The number of aromatic carboxylic acids is 1. The Morgan fingerprint density at radius 3 is 2.10 bits per heavy atom. The van der Waals surface area contributed by atoms with Crippen LogP contribution in [0.1, 0.15) is 10.4 Å².